The van der Waals surface area contributed by atoms with Crippen LogP contribution in [0.2, 0.25) is 0 Å². The molecule has 2 aromatic rings. The van der Waals surface area contributed by atoms with Crippen LogP contribution >= 0.6 is 15.9 Å². The lowest BCUT2D eigenvalue weighted by Crippen LogP contribution is -2.14. The highest BCUT2D eigenvalue weighted by Gasteiger charge is 2.09. The molecule has 2 aromatic carbocycles. The van der Waals surface area contributed by atoms with Gasteiger partial charge < -0.3 is 16.8 Å². The minimum Gasteiger partial charge on any atom is -0.396 e. The van der Waals surface area contributed by atoms with Gasteiger partial charge in [-0.25, -0.2) is 0 Å². The van der Waals surface area contributed by atoms with Gasteiger partial charge in [0.25, 0.3) is 5.91 Å². The Balaban J connectivity index is 2.35. The first-order valence-electron chi connectivity index (χ1n) is 5.70. The molecule has 0 saturated carbocycles. The first-order chi connectivity index (χ1) is 8.99. The number of aryl methyl sites for hydroxylation is 1. The molecule has 98 valence electrons. The molecule has 19 heavy (non-hydrogen) atoms. The maximum atomic E-state index is 11.2. The van der Waals surface area contributed by atoms with Gasteiger partial charge in [-0.15, -0.1) is 0 Å². The maximum Gasteiger partial charge on any atom is 0.250 e. The second-order valence-corrected chi connectivity index (χ2v) is 5.07. The molecular formula is C14H14BrN3O. The van der Waals surface area contributed by atoms with Crippen molar-refractivity contribution in [2.45, 2.75) is 6.92 Å². The molecule has 1 amide bonds. The number of nitrogen functional groups attached to an aromatic ring is 1. The fourth-order valence-electron chi connectivity index (χ4n) is 1.77. The van der Waals surface area contributed by atoms with Crippen LogP contribution in [0.1, 0.15) is 15.9 Å². The monoisotopic (exact) mass is 319 g/mol. The topological polar surface area (TPSA) is 81.1 Å². The van der Waals surface area contributed by atoms with Crippen LogP contribution < -0.4 is 16.8 Å². The zero-order chi connectivity index (χ0) is 14.0. The van der Waals surface area contributed by atoms with Gasteiger partial charge in [0.2, 0.25) is 0 Å². The summed E-state index contributed by atoms with van der Waals surface area (Å²) in [4.78, 5) is 11.2. The SMILES string of the molecule is Cc1cc(Nc2cccc(C(N)=O)c2N)ccc1Br. The number of rotatable bonds is 3. The van der Waals surface area contributed by atoms with Crippen LogP contribution in [0, 0.1) is 6.92 Å². The molecular weight excluding hydrogens is 306 g/mol. The minimum atomic E-state index is -0.534. The van der Waals surface area contributed by atoms with Gasteiger partial charge in [-0.2, -0.15) is 0 Å². The van der Waals surface area contributed by atoms with Crippen LogP contribution in [-0.2, 0) is 0 Å². The third-order valence-electron chi connectivity index (χ3n) is 2.81. The zero-order valence-electron chi connectivity index (χ0n) is 10.4. The number of para-hydroxylation sites is 1. The smallest absolute Gasteiger partial charge is 0.250 e. The summed E-state index contributed by atoms with van der Waals surface area (Å²) in [6.45, 7) is 2.00. The molecule has 0 unspecified atom stereocenters. The van der Waals surface area contributed by atoms with Crippen molar-refractivity contribution in [2.24, 2.45) is 5.73 Å². The highest BCUT2D eigenvalue weighted by atomic mass is 79.9. The van der Waals surface area contributed by atoms with Crippen molar-refractivity contribution in [1.82, 2.24) is 0 Å². The number of hydrogen-bond donors (Lipinski definition) is 3. The molecule has 0 aromatic heterocycles. The van der Waals surface area contributed by atoms with E-state index < -0.39 is 5.91 Å². The van der Waals surface area contributed by atoms with Gasteiger partial charge in [0.15, 0.2) is 0 Å². The third kappa shape index (κ3) is 2.88. The Morgan fingerprint density at radius 2 is 2.00 bits per heavy atom. The molecule has 0 saturated heterocycles. The second kappa shape index (κ2) is 5.32. The summed E-state index contributed by atoms with van der Waals surface area (Å²) in [6.07, 6.45) is 0. The molecule has 5 N–H and O–H groups in total. The summed E-state index contributed by atoms with van der Waals surface area (Å²) in [6, 6.07) is 11.0. The van der Waals surface area contributed by atoms with E-state index in [1.165, 1.54) is 0 Å². The third-order valence-corrected chi connectivity index (χ3v) is 3.70. The summed E-state index contributed by atoms with van der Waals surface area (Å²) >= 11 is 3.45. The number of benzene rings is 2. The largest absolute Gasteiger partial charge is 0.396 e. The Hall–Kier alpha value is -2.01. The lowest BCUT2D eigenvalue weighted by Gasteiger charge is -2.12. The summed E-state index contributed by atoms with van der Waals surface area (Å²) in [7, 11) is 0. The van der Waals surface area contributed by atoms with Gasteiger partial charge in [-0.3, -0.25) is 4.79 Å². The van der Waals surface area contributed by atoms with E-state index in [-0.39, 0.29) is 0 Å². The number of primary amides is 1. The van der Waals surface area contributed by atoms with Crippen molar-refractivity contribution in [3.8, 4) is 0 Å². The van der Waals surface area contributed by atoms with Crippen LogP contribution in [0.15, 0.2) is 40.9 Å². The van der Waals surface area contributed by atoms with Gasteiger partial charge >= 0.3 is 0 Å². The molecule has 0 fully saturated rings. The van der Waals surface area contributed by atoms with E-state index in [0.29, 0.717) is 16.9 Å². The first-order valence-corrected chi connectivity index (χ1v) is 6.50. The van der Waals surface area contributed by atoms with Crippen molar-refractivity contribution in [3.05, 3.63) is 52.0 Å². The first kappa shape index (κ1) is 13.4. The number of hydrogen-bond acceptors (Lipinski definition) is 3. The van der Waals surface area contributed by atoms with E-state index in [1.54, 1.807) is 18.2 Å². The number of anilines is 3. The van der Waals surface area contributed by atoms with Crippen LogP contribution in [0.5, 0.6) is 0 Å². The normalized spacial score (nSPS) is 10.2. The van der Waals surface area contributed by atoms with E-state index in [9.17, 15) is 4.79 Å². The number of carbonyl (C=O) groups is 1. The molecule has 0 heterocycles. The van der Waals surface area contributed by atoms with Crippen LogP contribution in [0.4, 0.5) is 17.1 Å². The molecule has 4 nitrogen and oxygen atoms in total. The highest BCUT2D eigenvalue weighted by molar-refractivity contribution is 9.10. The van der Waals surface area contributed by atoms with E-state index in [2.05, 4.69) is 21.2 Å². The van der Waals surface area contributed by atoms with Crippen molar-refractivity contribution < 1.29 is 4.79 Å². The van der Waals surface area contributed by atoms with Crippen molar-refractivity contribution >= 4 is 38.9 Å². The molecule has 0 radical (unpaired) electrons. The molecule has 0 bridgehead atoms. The van der Waals surface area contributed by atoms with Crippen LogP contribution in [0.25, 0.3) is 0 Å². The van der Waals surface area contributed by atoms with E-state index in [0.717, 1.165) is 15.7 Å². The number of carbonyl (C=O) groups excluding carboxylic acids is 1. The molecule has 0 spiro atoms. The predicted molar refractivity (Wildman–Crippen MR) is 81.5 cm³/mol. The van der Waals surface area contributed by atoms with Gasteiger partial charge in [-0.05, 0) is 42.8 Å². The van der Waals surface area contributed by atoms with Gasteiger partial charge in [0, 0.05) is 10.2 Å². The van der Waals surface area contributed by atoms with E-state index in [4.69, 9.17) is 11.5 Å². The number of nitrogens with one attached hydrogen (secondary N) is 1. The highest BCUT2D eigenvalue weighted by Crippen LogP contribution is 2.28. The quantitative estimate of drug-likeness (QED) is 0.760. The van der Waals surface area contributed by atoms with E-state index >= 15 is 0 Å². The summed E-state index contributed by atoms with van der Waals surface area (Å²) in [5.41, 5.74) is 14.5. The summed E-state index contributed by atoms with van der Waals surface area (Å²) in [5, 5.41) is 3.18. The lowest BCUT2D eigenvalue weighted by molar-refractivity contribution is 0.100. The fourth-order valence-corrected chi connectivity index (χ4v) is 2.01. The lowest BCUT2D eigenvalue weighted by atomic mass is 10.1. The van der Waals surface area contributed by atoms with Crippen molar-refractivity contribution in [1.29, 1.82) is 0 Å². The minimum absolute atomic E-state index is 0.318. The Morgan fingerprint density at radius 3 is 2.63 bits per heavy atom. The predicted octanol–water partition coefficient (Wildman–Crippen LogP) is 3.18. The Bertz CT molecular complexity index is 641. The van der Waals surface area contributed by atoms with Crippen molar-refractivity contribution in [2.75, 3.05) is 11.1 Å². The number of halogens is 1. The Morgan fingerprint density at radius 1 is 1.26 bits per heavy atom. The zero-order valence-corrected chi connectivity index (χ0v) is 12.0. The molecule has 2 rings (SSSR count). The van der Waals surface area contributed by atoms with Crippen LogP contribution in [-0.4, -0.2) is 5.91 Å². The van der Waals surface area contributed by atoms with Crippen LogP contribution in [0.3, 0.4) is 0 Å². The standard InChI is InChI=1S/C14H14BrN3O/c1-8-7-9(5-6-11(8)15)18-12-4-2-3-10(13(12)16)14(17)19/h2-7,18H,16H2,1H3,(H2,17,19). The Kier molecular flexibility index (Phi) is 3.76. The van der Waals surface area contributed by atoms with Gasteiger partial charge in [0.1, 0.15) is 0 Å². The number of amides is 1. The molecule has 0 aliphatic heterocycles. The molecule has 0 aliphatic carbocycles. The van der Waals surface area contributed by atoms with E-state index in [1.807, 2.05) is 25.1 Å². The summed E-state index contributed by atoms with van der Waals surface area (Å²) < 4.78 is 1.04. The molecule has 0 atom stereocenters. The van der Waals surface area contributed by atoms with Crippen molar-refractivity contribution in [3.63, 3.8) is 0 Å². The van der Waals surface area contributed by atoms with Gasteiger partial charge in [-0.1, -0.05) is 22.0 Å². The Labute approximate surface area is 119 Å². The number of nitrogens with two attached hydrogens (primary N) is 2. The fraction of sp³-hybridized carbons (Fsp3) is 0.0714. The summed E-state index contributed by atoms with van der Waals surface area (Å²) in [5.74, 6) is -0.534. The van der Waals surface area contributed by atoms with Gasteiger partial charge in [0.05, 0.1) is 16.9 Å². The molecule has 0 aliphatic rings. The molecule has 5 heteroatoms. The maximum absolute atomic E-state index is 11.2. The average molecular weight is 320 g/mol. The average Bonchev–Trinajstić information content (AvgIpc) is 2.36. The second-order valence-electron chi connectivity index (χ2n) is 4.22.